The maximum atomic E-state index is 13.3. The molecular formula is C24H23ClN6O2. The maximum Gasteiger partial charge on any atom is 0.353 e. The van der Waals surface area contributed by atoms with Crippen molar-refractivity contribution >= 4 is 34.8 Å². The van der Waals surface area contributed by atoms with Gasteiger partial charge in [0.15, 0.2) is 5.65 Å². The van der Waals surface area contributed by atoms with Crippen LogP contribution in [0.15, 0.2) is 53.3 Å². The Bertz CT molecular complexity index is 1420. The van der Waals surface area contributed by atoms with Gasteiger partial charge in [0, 0.05) is 24.8 Å². The quantitative estimate of drug-likeness (QED) is 0.502. The number of fused-ring (bicyclic) bond motifs is 2. The number of nitrogens with one attached hydrogen (secondary N) is 1. The van der Waals surface area contributed by atoms with Crippen molar-refractivity contribution in [2.24, 2.45) is 0 Å². The van der Waals surface area contributed by atoms with Gasteiger partial charge in [-0.05, 0) is 43.0 Å². The Morgan fingerprint density at radius 1 is 1.12 bits per heavy atom. The number of amides is 1. The number of hydrogen-bond donors (Lipinski definition) is 1. The Morgan fingerprint density at radius 3 is 2.70 bits per heavy atom. The van der Waals surface area contributed by atoms with Gasteiger partial charge in [-0.1, -0.05) is 48.0 Å². The molecule has 2 aromatic heterocycles. The van der Waals surface area contributed by atoms with E-state index in [9.17, 15) is 9.59 Å². The highest BCUT2D eigenvalue weighted by Crippen LogP contribution is 2.25. The first kappa shape index (κ1) is 21.2. The zero-order chi connectivity index (χ0) is 23.1. The Hall–Kier alpha value is -3.65. The summed E-state index contributed by atoms with van der Waals surface area (Å²) in [5, 5.41) is 7.64. The average Bonchev–Trinajstić information content (AvgIpc) is 3.10. The second kappa shape index (κ2) is 8.37. The normalized spacial score (nSPS) is 13.2. The van der Waals surface area contributed by atoms with Gasteiger partial charge in [0.05, 0.1) is 10.7 Å². The summed E-state index contributed by atoms with van der Waals surface area (Å²) >= 11 is 6.22. The highest BCUT2D eigenvalue weighted by Gasteiger charge is 2.23. The first-order valence-electron chi connectivity index (χ1n) is 10.7. The van der Waals surface area contributed by atoms with Crippen LogP contribution in [0.2, 0.25) is 5.02 Å². The van der Waals surface area contributed by atoms with Crippen molar-refractivity contribution in [3.63, 3.8) is 0 Å². The van der Waals surface area contributed by atoms with E-state index < -0.39 is 5.69 Å². The molecule has 3 heterocycles. The molecule has 1 amide bonds. The Morgan fingerprint density at radius 2 is 1.91 bits per heavy atom. The third kappa shape index (κ3) is 3.98. The minimum absolute atomic E-state index is 0.230. The molecule has 33 heavy (non-hydrogen) atoms. The number of benzene rings is 2. The van der Waals surface area contributed by atoms with Crippen LogP contribution < -0.4 is 15.9 Å². The lowest BCUT2D eigenvalue weighted by molar-refractivity contribution is -0.117. The van der Waals surface area contributed by atoms with Gasteiger partial charge in [0.2, 0.25) is 11.9 Å². The molecule has 2 aromatic carbocycles. The van der Waals surface area contributed by atoms with Gasteiger partial charge in [0.25, 0.3) is 0 Å². The molecule has 8 nitrogen and oxygen atoms in total. The van der Waals surface area contributed by atoms with Crippen molar-refractivity contribution in [3.8, 4) is 0 Å². The van der Waals surface area contributed by atoms with E-state index in [2.05, 4.69) is 32.4 Å². The molecule has 0 aliphatic carbocycles. The molecule has 1 aliphatic heterocycles. The van der Waals surface area contributed by atoms with E-state index in [1.807, 2.05) is 38.1 Å². The van der Waals surface area contributed by atoms with Gasteiger partial charge in [-0.15, -0.1) is 5.10 Å². The number of anilines is 2. The molecule has 9 heteroatoms. The third-order valence-corrected chi connectivity index (χ3v) is 6.19. The van der Waals surface area contributed by atoms with E-state index in [4.69, 9.17) is 11.6 Å². The summed E-state index contributed by atoms with van der Waals surface area (Å²) in [6.45, 7) is 4.90. The van der Waals surface area contributed by atoms with Crippen molar-refractivity contribution < 1.29 is 4.79 Å². The zero-order valence-electron chi connectivity index (χ0n) is 18.4. The van der Waals surface area contributed by atoms with Crippen LogP contribution in [-0.4, -0.2) is 31.6 Å². The van der Waals surface area contributed by atoms with Crippen LogP contribution in [0.1, 0.15) is 22.4 Å². The number of rotatable bonds is 4. The topological polar surface area (TPSA) is 84.5 Å². The summed E-state index contributed by atoms with van der Waals surface area (Å²) in [4.78, 5) is 32.7. The summed E-state index contributed by atoms with van der Waals surface area (Å²) in [7, 11) is 0. The first-order valence-corrected chi connectivity index (χ1v) is 11.1. The van der Waals surface area contributed by atoms with Gasteiger partial charge >= 0.3 is 5.69 Å². The highest BCUT2D eigenvalue weighted by molar-refractivity contribution is 6.33. The molecule has 0 spiro atoms. The lowest BCUT2D eigenvalue weighted by Crippen LogP contribution is -2.35. The zero-order valence-corrected chi connectivity index (χ0v) is 19.1. The molecule has 0 unspecified atom stereocenters. The summed E-state index contributed by atoms with van der Waals surface area (Å²) < 4.78 is 2.65. The van der Waals surface area contributed by atoms with Crippen LogP contribution in [0.25, 0.3) is 5.65 Å². The first-order chi connectivity index (χ1) is 15.9. The fraction of sp³-hybridized carbons (Fsp3) is 0.250. The molecule has 168 valence electrons. The molecule has 0 radical (unpaired) electrons. The van der Waals surface area contributed by atoms with Crippen molar-refractivity contribution in [1.29, 1.82) is 0 Å². The van der Waals surface area contributed by atoms with Crippen LogP contribution in [0.4, 0.5) is 11.6 Å². The number of aromatic nitrogens is 4. The highest BCUT2D eigenvalue weighted by atomic mass is 35.5. The van der Waals surface area contributed by atoms with E-state index in [0.717, 1.165) is 24.2 Å². The van der Waals surface area contributed by atoms with E-state index in [-0.39, 0.29) is 12.5 Å². The molecule has 0 atom stereocenters. The monoisotopic (exact) mass is 462 g/mol. The fourth-order valence-corrected chi connectivity index (χ4v) is 4.49. The third-order valence-electron chi connectivity index (χ3n) is 5.87. The predicted octanol–water partition coefficient (Wildman–Crippen LogP) is 3.36. The number of carbonyl (C=O) groups is 1. The molecule has 1 N–H and O–H groups in total. The second-order valence-corrected chi connectivity index (χ2v) is 8.66. The van der Waals surface area contributed by atoms with Gasteiger partial charge in [-0.2, -0.15) is 0 Å². The Balaban J connectivity index is 1.47. The van der Waals surface area contributed by atoms with Crippen LogP contribution in [0.5, 0.6) is 0 Å². The maximum absolute atomic E-state index is 13.3. The minimum atomic E-state index is -0.405. The number of carbonyl (C=O) groups excluding carboxylic acids is 1. The second-order valence-electron chi connectivity index (χ2n) is 8.25. The van der Waals surface area contributed by atoms with Crippen molar-refractivity contribution in [2.45, 2.75) is 33.4 Å². The van der Waals surface area contributed by atoms with Gasteiger partial charge in [-0.3, -0.25) is 4.79 Å². The molecule has 0 saturated carbocycles. The number of nitrogens with zero attached hydrogens (tertiary/aromatic N) is 5. The number of hydrogen-bond acceptors (Lipinski definition) is 5. The van der Waals surface area contributed by atoms with Gasteiger partial charge < -0.3 is 10.2 Å². The molecular weight excluding hydrogens is 440 g/mol. The summed E-state index contributed by atoms with van der Waals surface area (Å²) in [6.07, 6.45) is 0.871. The minimum Gasteiger partial charge on any atom is -0.337 e. The number of halogens is 1. The van der Waals surface area contributed by atoms with Crippen LogP contribution in [-0.2, 0) is 24.3 Å². The smallest absolute Gasteiger partial charge is 0.337 e. The summed E-state index contributed by atoms with van der Waals surface area (Å²) in [5.74, 6) is 0.160. The SMILES string of the molecule is Cc1cc2nn(CC(=O)Nc3c(C)cccc3Cl)c(=O)n2c(N2CCc3ccccc3C2)n1. The van der Waals surface area contributed by atoms with E-state index in [0.29, 0.717) is 28.9 Å². The van der Waals surface area contributed by atoms with Crippen LogP contribution >= 0.6 is 11.6 Å². The lowest BCUT2D eigenvalue weighted by Gasteiger charge is -2.29. The Labute approximate surface area is 195 Å². The molecule has 1 aliphatic rings. The van der Waals surface area contributed by atoms with E-state index in [1.54, 1.807) is 12.1 Å². The van der Waals surface area contributed by atoms with E-state index >= 15 is 0 Å². The molecule has 5 rings (SSSR count). The van der Waals surface area contributed by atoms with E-state index in [1.165, 1.54) is 20.2 Å². The summed E-state index contributed by atoms with van der Waals surface area (Å²) in [5.41, 5.74) is 4.71. The largest absolute Gasteiger partial charge is 0.353 e. The summed E-state index contributed by atoms with van der Waals surface area (Å²) in [6, 6.07) is 15.4. The lowest BCUT2D eigenvalue weighted by atomic mass is 10.0. The van der Waals surface area contributed by atoms with Crippen molar-refractivity contribution in [2.75, 3.05) is 16.8 Å². The molecule has 0 bridgehead atoms. The van der Waals surface area contributed by atoms with Crippen LogP contribution in [0, 0.1) is 13.8 Å². The van der Waals surface area contributed by atoms with Gasteiger partial charge in [-0.25, -0.2) is 18.9 Å². The Kier molecular flexibility index (Phi) is 5.38. The van der Waals surface area contributed by atoms with Crippen LogP contribution in [0.3, 0.4) is 0 Å². The molecule has 0 saturated heterocycles. The molecule has 4 aromatic rings. The molecule has 0 fully saturated rings. The number of aryl methyl sites for hydroxylation is 2. The fourth-order valence-electron chi connectivity index (χ4n) is 4.22. The average molecular weight is 463 g/mol. The van der Waals surface area contributed by atoms with Crippen molar-refractivity contribution in [3.05, 3.63) is 86.4 Å². The predicted molar refractivity (Wildman–Crippen MR) is 128 cm³/mol. The number of para-hydroxylation sites is 1. The standard InChI is InChI=1S/C24H23ClN6O2/c1-15-6-5-9-19(25)22(15)27-21(32)14-30-24(33)31-20(28-30)12-16(2)26-23(31)29-11-10-17-7-3-4-8-18(17)13-29/h3-9,12H,10-11,13-14H2,1-2H3,(H,27,32). The van der Waals surface area contributed by atoms with Crippen molar-refractivity contribution in [1.82, 2.24) is 19.2 Å². The van der Waals surface area contributed by atoms with Gasteiger partial charge in [0.1, 0.15) is 6.54 Å².